The van der Waals surface area contributed by atoms with Gasteiger partial charge in [0.2, 0.25) is 0 Å². The Bertz CT molecular complexity index is 2780. The SMILES string of the molecule is Oc1ccc(P2(c3ccc(O)cc3)=NP(Oc3ccccc3)(Oc3ccccc3)=NP(Oc3ccccc3)(Oc3ccccc3)=NP(Oc3ccccc3)(Oc3ccccc3)=N2)cc1. The van der Waals surface area contributed by atoms with Crippen LogP contribution in [0.2, 0.25) is 0 Å². The van der Waals surface area contributed by atoms with Crippen LogP contribution in [0, 0.1) is 0 Å². The summed E-state index contributed by atoms with van der Waals surface area (Å²) in [5.74, 6) is 2.21. The molecule has 0 saturated carbocycles. The lowest BCUT2D eigenvalue weighted by molar-refractivity contribution is 0.454. The van der Waals surface area contributed by atoms with Crippen molar-refractivity contribution in [3.63, 3.8) is 0 Å². The van der Waals surface area contributed by atoms with Crippen LogP contribution in [0.25, 0.3) is 0 Å². The van der Waals surface area contributed by atoms with Crippen molar-refractivity contribution in [2.24, 2.45) is 18.1 Å². The van der Waals surface area contributed by atoms with E-state index in [9.17, 15) is 10.2 Å². The largest absolute Gasteiger partial charge is 0.508 e. The third-order valence-electron chi connectivity index (χ3n) is 9.16. The third-order valence-corrected chi connectivity index (χ3v) is 21.4. The number of rotatable bonds is 14. The summed E-state index contributed by atoms with van der Waals surface area (Å²) >= 11 is 0. The average molecular weight is 925 g/mol. The Hall–Kier alpha value is -6.92. The molecule has 320 valence electrons. The van der Waals surface area contributed by atoms with Gasteiger partial charge in [0.05, 0.1) is 0 Å². The Balaban J connectivity index is 1.52. The minimum absolute atomic E-state index is 0.00995. The Morgan fingerprint density at radius 3 is 0.719 bits per heavy atom. The van der Waals surface area contributed by atoms with Crippen LogP contribution in [0.3, 0.4) is 0 Å². The molecule has 0 unspecified atom stereocenters. The molecule has 8 aromatic carbocycles. The first-order valence-electron chi connectivity index (χ1n) is 19.9. The molecule has 8 aromatic rings. The summed E-state index contributed by atoms with van der Waals surface area (Å²) in [4.78, 5) is 0. The van der Waals surface area contributed by atoms with Gasteiger partial charge in [0.1, 0.15) is 46.0 Å². The lowest BCUT2D eigenvalue weighted by atomic mass is 10.3. The number of benzene rings is 8. The summed E-state index contributed by atoms with van der Waals surface area (Å²) in [5.41, 5.74) is 0. The first kappa shape index (κ1) is 42.4. The Morgan fingerprint density at radius 2 is 0.469 bits per heavy atom. The fraction of sp³-hybridized carbons (Fsp3) is 0. The second-order valence-electron chi connectivity index (χ2n) is 13.9. The molecule has 64 heavy (non-hydrogen) atoms. The summed E-state index contributed by atoms with van der Waals surface area (Å²) in [6.07, 6.45) is 0. The van der Waals surface area contributed by atoms with E-state index in [1.54, 1.807) is 121 Å². The minimum Gasteiger partial charge on any atom is -0.508 e. The minimum atomic E-state index is -4.35. The standard InChI is InChI=1S/C48H40N4O8P4/c53-39-31-35-47(36-32-39)61(48-37-33-40(54)34-38-48)49-62(55-41-19-7-1-8-20-41,56-42-21-9-2-10-22-42)51-64(59-45-27-15-5-16-28-45,60-46-29-17-6-18-30-46)52-63(50-61,57-43-23-11-3-12-24-43)58-44-25-13-4-14-26-44/h1-38,53-54H. The van der Waals surface area contributed by atoms with Gasteiger partial charge in [-0.25, -0.2) is 0 Å². The van der Waals surface area contributed by atoms with Gasteiger partial charge in [0.25, 0.3) is 0 Å². The molecule has 0 aromatic heterocycles. The number of aromatic hydroxyl groups is 2. The summed E-state index contributed by atoms with van der Waals surface area (Å²) in [7, 11) is -16.8. The van der Waals surface area contributed by atoms with E-state index in [1.165, 1.54) is 0 Å². The van der Waals surface area contributed by atoms with Crippen molar-refractivity contribution in [3.8, 4) is 46.0 Å². The third kappa shape index (κ3) is 9.97. The van der Waals surface area contributed by atoms with Crippen LogP contribution in [0.15, 0.2) is 249 Å². The first-order valence-corrected chi connectivity index (χ1v) is 26.2. The highest BCUT2D eigenvalue weighted by molar-refractivity contribution is 7.89. The summed E-state index contributed by atoms with van der Waals surface area (Å²) in [6.45, 7) is 0. The molecular weight excluding hydrogens is 884 g/mol. The van der Waals surface area contributed by atoms with Gasteiger partial charge in [0.15, 0.2) is 7.21 Å². The fourth-order valence-corrected chi connectivity index (χ4v) is 20.4. The highest BCUT2D eigenvalue weighted by Gasteiger charge is 2.48. The Morgan fingerprint density at radius 1 is 0.250 bits per heavy atom. The van der Waals surface area contributed by atoms with E-state index in [0.717, 1.165) is 0 Å². The van der Waals surface area contributed by atoms with Crippen LogP contribution in [0.4, 0.5) is 0 Å². The van der Waals surface area contributed by atoms with Crippen LogP contribution in [0.5, 0.6) is 46.0 Å². The van der Waals surface area contributed by atoms with Crippen LogP contribution in [-0.4, -0.2) is 10.2 Å². The molecule has 2 N–H and O–H groups in total. The summed E-state index contributed by atoms with van der Waals surface area (Å²) in [6, 6.07) is 67.6. The van der Waals surface area contributed by atoms with Gasteiger partial charge in [-0.05, 0) is 121 Å². The van der Waals surface area contributed by atoms with Crippen molar-refractivity contribution < 1.29 is 37.4 Å². The van der Waals surface area contributed by atoms with Crippen molar-refractivity contribution in [2.45, 2.75) is 0 Å². The molecule has 1 heterocycles. The molecule has 0 fully saturated rings. The first-order chi connectivity index (χ1) is 31.3. The monoisotopic (exact) mass is 924 g/mol. The molecule has 1 aliphatic rings. The van der Waals surface area contributed by atoms with Crippen LogP contribution >= 0.6 is 30.2 Å². The molecule has 0 radical (unpaired) electrons. The van der Waals surface area contributed by atoms with Crippen LogP contribution in [-0.2, 0) is 0 Å². The lowest BCUT2D eigenvalue weighted by Crippen LogP contribution is -2.18. The maximum atomic E-state index is 10.7. The molecule has 0 spiro atoms. The number of para-hydroxylation sites is 6. The second kappa shape index (κ2) is 18.8. The molecule has 16 heteroatoms. The maximum Gasteiger partial charge on any atom is 0.460 e. The number of hydrogen-bond acceptors (Lipinski definition) is 12. The number of phenols is 2. The Labute approximate surface area is 371 Å². The Kier molecular flexibility index (Phi) is 12.5. The van der Waals surface area contributed by atoms with Gasteiger partial charge < -0.3 is 37.4 Å². The molecule has 0 aliphatic carbocycles. The molecular formula is C48H40N4O8P4. The predicted octanol–water partition coefficient (Wildman–Crippen LogP) is 14.5. The molecule has 9 rings (SSSR count). The number of phenolic OH excluding ortho intramolecular Hbond substituents is 2. The molecule has 0 atom stereocenters. The van der Waals surface area contributed by atoms with Crippen molar-refractivity contribution in [3.05, 3.63) is 231 Å². The smallest absolute Gasteiger partial charge is 0.460 e. The highest BCUT2D eigenvalue weighted by atomic mass is 31.3. The van der Waals surface area contributed by atoms with Gasteiger partial charge in [-0.2, -0.15) is 9.03 Å². The van der Waals surface area contributed by atoms with Gasteiger partial charge >= 0.3 is 23.0 Å². The molecule has 0 saturated heterocycles. The maximum absolute atomic E-state index is 10.7. The quantitative estimate of drug-likeness (QED) is 0.103. The van der Waals surface area contributed by atoms with Crippen molar-refractivity contribution in [1.29, 1.82) is 0 Å². The van der Waals surface area contributed by atoms with E-state index >= 15 is 0 Å². The van der Waals surface area contributed by atoms with E-state index in [4.69, 9.17) is 45.2 Å². The molecule has 0 bridgehead atoms. The molecule has 0 amide bonds. The molecule has 1 aliphatic heterocycles. The van der Waals surface area contributed by atoms with E-state index in [2.05, 4.69) is 0 Å². The zero-order chi connectivity index (χ0) is 43.7. The van der Waals surface area contributed by atoms with E-state index < -0.39 is 30.2 Å². The summed E-state index contributed by atoms with van der Waals surface area (Å²) < 4.78 is 65.4. The van der Waals surface area contributed by atoms with Gasteiger partial charge in [-0.15, -0.1) is 0 Å². The average Bonchev–Trinajstić information content (AvgIpc) is 3.31. The number of nitrogens with zero attached hydrogens (tertiary/aromatic N) is 4. The fourth-order valence-electron chi connectivity index (χ4n) is 6.35. The van der Waals surface area contributed by atoms with Gasteiger partial charge in [0, 0.05) is 10.6 Å². The highest BCUT2D eigenvalue weighted by Crippen LogP contribution is 2.78. The van der Waals surface area contributed by atoms with E-state index in [-0.39, 0.29) is 11.5 Å². The lowest BCUT2D eigenvalue weighted by Gasteiger charge is -2.34. The normalized spacial score (nSPS) is 15.4. The van der Waals surface area contributed by atoms with E-state index in [1.807, 2.05) is 109 Å². The van der Waals surface area contributed by atoms with Crippen LogP contribution < -0.4 is 37.8 Å². The molecule has 12 nitrogen and oxygen atoms in total. The van der Waals surface area contributed by atoms with Crippen molar-refractivity contribution in [1.82, 2.24) is 0 Å². The van der Waals surface area contributed by atoms with Crippen molar-refractivity contribution in [2.75, 3.05) is 0 Å². The second-order valence-corrected chi connectivity index (χ2v) is 23.0. The van der Waals surface area contributed by atoms with Crippen molar-refractivity contribution >= 4 is 40.8 Å². The van der Waals surface area contributed by atoms with Crippen LogP contribution in [0.1, 0.15) is 0 Å². The van der Waals surface area contributed by atoms with E-state index in [0.29, 0.717) is 45.1 Å². The number of hydrogen-bond donors (Lipinski definition) is 2. The topological polar surface area (TPSA) is 145 Å². The summed E-state index contributed by atoms with van der Waals surface area (Å²) in [5, 5.41) is 22.5. The van der Waals surface area contributed by atoms with Gasteiger partial charge in [-0.3, -0.25) is 0 Å². The van der Waals surface area contributed by atoms with Gasteiger partial charge in [-0.1, -0.05) is 118 Å². The predicted molar refractivity (Wildman–Crippen MR) is 255 cm³/mol. The zero-order valence-electron chi connectivity index (χ0n) is 33.9. The zero-order valence-corrected chi connectivity index (χ0v) is 37.4.